The number of amides is 1. The average molecular weight is 522 g/mol. The molecule has 1 saturated heterocycles. The minimum absolute atomic E-state index is 0.121. The first kappa shape index (κ1) is 26.8. The largest absolute Gasteiger partial charge is 0.348 e. The number of aromatic nitrogens is 3. The second-order valence-electron chi connectivity index (χ2n) is 10.6. The number of hydrogen-bond donors (Lipinski definition) is 1. The normalized spacial score (nSPS) is 14.4. The van der Waals surface area contributed by atoms with Crippen LogP contribution in [0.5, 0.6) is 0 Å². The fraction of sp³-hybridized carbons (Fsp3) is 0.364. The molecule has 0 bridgehead atoms. The molecule has 0 aliphatic carbocycles. The standard InChI is InChI=1S/C33H39N5O/c1-2-3-4-6-26-8-14-29(15-9-26)33(39)38(31-16-21-37(22-17-31)25-32-35-19-20-36-32)24-27-10-12-28(13-11-27)30-7-5-18-34-23-30/h5,7-15,18-20,23,31H,2-4,6,16-17,21-22,24-25H2,1H3,(H,35,36). The summed E-state index contributed by atoms with van der Waals surface area (Å²) < 4.78 is 0. The topological polar surface area (TPSA) is 65.1 Å². The highest BCUT2D eigenvalue weighted by molar-refractivity contribution is 5.94. The van der Waals surface area contributed by atoms with E-state index in [1.54, 1.807) is 12.4 Å². The number of nitrogens with one attached hydrogen (secondary N) is 1. The van der Waals surface area contributed by atoms with E-state index in [9.17, 15) is 4.79 Å². The molecule has 0 radical (unpaired) electrons. The van der Waals surface area contributed by atoms with E-state index in [0.29, 0.717) is 6.54 Å². The first-order valence-corrected chi connectivity index (χ1v) is 14.3. The molecule has 0 saturated carbocycles. The molecular weight excluding hydrogens is 482 g/mol. The Labute approximate surface area is 232 Å². The number of pyridine rings is 1. The van der Waals surface area contributed by atoms with Crippen molar-refractivity contribution in [3.8, 4) is 11.1 Å². The monoisotopic (exact) mass is 521 g/mol. The molecule has 2 aromatic carbocycles. The molecule has 39 heavy (non-hydrogen) atoms. The number of carbonyl (C=O) groups is 1. The van der Waals surface area contributed by atoms with E-state index in [2.05, 4.69) is 74.1 Å². The summed E-state index contributed by atoms with van der Waals surface area (Å²) in [5, 5.41) is 0. The van der Waals surface area contributed by atoms with Crippen molar-refractivity contribution in [2.75, 3.05) is 13.1 Å². The van der Waals surface area contributed by atoms with Crippen LogP contribution in [0.1, 0.15) is 66.3 Å². The molecule has 5 rings (SSSR count). The first-order chi connectivity index (χ1) is 19.2. The number of aryl methyl sites for hydroxylation is 1. The zero-order valence-electron chi connectivity index (χ0n) is 22.9. The maximum Gasteiger partial charge on any atom is 0.254 e. The molecule has 3 heterocycles. The average Bonchev–Trinajstić information content (AvgIpc) is 3.50. The van der Waals surface area contributed by atoms with Gasteiger partial charge in [0.25, 0.3) is 5.91 Å². The fourth-order valence-corrected chi connectivity index (χ4v) is 5.44. The van der Waals surface area contributed by atoms with Crippen molar-refractivity contribution in [3.05, 3.63) is 108 Å². The van der Waals surface area contributed by atoms with Crippen molar-refractivity contribution in [1.82, 2.24) is 24.8 Å². The lowest BCUT2D eigenvalue weighted by molar-refractivity contribution is 0.0540. The molecule has 0 atom stereocenters. The molecular formula is C33H39N5O. The number of likely N-dealkylation sites (tertiary alicyclic amines) is 1. The van der Waals surface area contributed by atoms with Crippen LogP contribution in [-0.4, -0.2) is 49.8 Å². The van der Waals surface area contributed by atoms with E-state index >= 15 is 0 Å². The lowest BCUT2D eigenvalue weighted by Gasteiger charge is -2.38. The van der Waals surface area contributed by atoms with Crippen LogP contribution in [0.3, 0.4) is 0 Å². The van der Waals surface area contributed by atoms with Crippen molar-refractivity contribution in [2.45, 2.75) is 64.6 Å². The summed E-state index contributed by atoms with van der Waals surface area (Å²) >= 11 is 0. The number of piperidine rings is 1. The number of rotatable bonds is 11. The Balaban J connectivity index is 1.30. The molecule has 1 amide bonds. The van der Waals surface area contributed by atoms with Gasteiger partial charge in [-0.05, 0) is 66.1 Å². The summed E-state index contributed by atoms with van der Waals surface area (Å²) in [6.45, 7) is 5.55. The van der Waals surface area contributed by atoms with Gasteiger partial charge in [0.15, 0.2) is 0 Å². The summed E-state index contributed by atoms with van der Waals surface area (Å²) in [6, 6.07) is 21.1. The summed E-state index contributed by atoms with van der Waals surface area (Å²) in [5.41, 5.74) is 5.46. The van der Waals surface area contributed by atoms with Crippen LogP contribution in [0.2, 0.25) is 0 Å². The number of unbranched alkanes of at least 4 members (excludes halogenated alkanes) is 2. The zero-order chi connectivity index (χ0) is 26.9. The molecule has 2 aromatic heterocycles. The van der Waals surface area contributed by atoms with Crippen molar-refractivity contribution < 1.29 is 4.79 Å². The van der Waals surface area contributed by atoms with E-state index in [4.69, 9.17) is 0 Å². The van der Waals surface area contributed by atoms with Crippen LogP contribution in [-0.2, 0) is 19.5 Å². The van der Waals surface area contributed by atoms with Gasteiger partial charge in [-0.25, -0.2) is 4.98 Å². The molecule has 1 N–H and O–H groups in total. The lowest BCUT2D eigenvalue weighted by atomic mass is 9.99. The molecule has 1 aliphatic heterocycles. The summed E-state index contributed by atoms with van der Waals surface area (Å²) in [5.74, 6) is 1.12. The number of H-pyrrole nitrogens is 1. The molecule has 202 valence electrons. The molecule has 1 fully saturated rings. The second-order valence-corrected chi connectivity index (χ2v) is 10.6. The number of aromatic amines is 1. The molecule has 1 aliphatic rings. The van der Waals surface area contributed by atoms with Gasteiger partial charge < -0.3 is 9.88 Å². The van der Waals surface area contributed by atoms with Gasteiger partial charge in [-0.2, -0.15) is 0 Å². The maximum absolute atomic E-state index is 13.9. The van der Waals surface area contributed by atoms with Crippen molar-refractivity contribution in [2.24, 2.45) is 0 Å². The van der Waals surface area contributed by atoms with Crippen LogP contribution in [0.4, 0.5) is 0 Å². The van der Waals surface area contributed by atoms with Crippen molar-refractivity contribution >= 4 is 5.91 Å². The Morgan fingerprint density at radius 3 is 2.38 bits per heavy atom. The van der Waals surface area contributed by atoms with Crippen LogP contribution in [0.15, 0.2) is 85.5 Å². The molecule has 4 aromatic rings. The molecule has 6 nitrogen and oxygen atoms in total. The third kappa shape index (κ3) is 7.21. The SMILES string of the molecule is CCCCCc1ccc(C(=O)N(Cc2ccc(-c3cccnc3)cc2)C2CCN(Cc3ncc[nH]3)CC2)cc1. The van der Waals surface area contributed by atoms with Crippen LogP contribution < -0.4 is 0 Å². The third-order valence-corrected chi connectivity index (χ3v) is 7.76. The van der Waals surface area contributed by atoms with E-state index in [-0.39, 0.29) is 11.9 Å². The number of benzene rings is 2. The van der Waals surface area contributed by atoms with Crippen LogP contribution in [0, 0.1) is 0 Å². The number of carbonyl (C=O) groups excluding carboxylic acids is 1. The van der Waals surface area contributed by atoms with E-state index in [0.717, 1.165) is 67.0 Å². The van der Waals surface area contributed by atoms with Gasteiger partial charge in [0.05, 0.1) is 6.54 Å². The summed E-state index contributed by atoms with van der Waals surface area (Å²) in [7, 11) is 0. The Morgan fingerprint density at radius 1 is 0.949 bits per heavy atom. The van der Waals surface area contributed by atoms with Gasteiger partial charge in [0.1, 0.15) is 5.82 Å². The quantitative estimate of drug-likeness (QED) is 0.229. The Morgan fingerprint density at radius 2 is 1.72 bits per heavy atom. The van der Waals surface area contributed by atoms with Crippen molar-refractivity contribution in [1.29, 1.82) is 0 Å². The third-order valence-electron chi connectivity index (χ3n) is 7.76. The minimum Gasteiger partial charge on any atom is -0.348 e. The lowest BCUT2D eigenvalue weighted by Crippen LogP contribution is -2.47. The van der Waals surface area contributed by atoms with E-state index in [1.807, 2.05) is 30.6 Å². The molecule has 0 spiro atoms. The van der Waals surface area contributed by atoms with Gasteiger partial charge in [-0.3, -0.25) is 14.7 Å². The summed E-state index contributed by atoms with van der Waals surface area (Å²) in [4.78, 5) is 30.3. The first-order valence-electron chi connectivity index (χ1n) is 14.3. The van der Waals surface area contributed by atoms with E-state index < -0.39 is 0 Å². The highest BCUT2D eigenvalue weighted by Gasteiger charge is 2.29. The zero-order valence-corrected chi connectivity index (χ0v) is 22.9. The Hall–Kier alpha value is -3.77. The summed E-state index contributed by atoms with van der Waals surface area (Å²) in [6.07, 6.45) is 14.0. The Bertz CT molecular complexity index is 1280. The second kappa shape index (κ2) is 13.3. The van der Waals surface area contributed by atoms with Gasteiger partial charge in [-0.15, -0.1) is 0 Å². The number of hydrogen-bond acceptors (Lipinski definition) is 4. The van der Waals surface area contributed by atoms with E-state index in [1.165, 1.54) is 24.8 Å². The predicted octanol–water partition coefficient (Wildman–Crippen LogP) is 6.51. The van der Waals surface area contributed by atoms with Gasteiger partial charge in [0.2, 0.25) is 0 Å². The Kier molecular flexibility index (Phi) is 9.17. The number of nitrogens with zero attached hydrogens (tertiary/aromatic N) is 4. The van der Waals surface area contributed by atoms with Crippen LogP contribution >= 0.6 is 0 Å². The molecule has 0 unspecified atom stereocenters. The van der Waals surface area contributed by atoms with Gasteiger partial charge in [-0.1, -0.05) is 62.2 Å². The maximum atomic E-state index is 13.9. The smallest absolute Gasteiger partial charge is 0.254 e. The molecule has 6 heteroatoms. The fourth-order valence-electron chi connectivity index (χ4n) is 5.44. The van der Waals surface area contributed by atoms with Gasteiger partial charge >= 0.3 is 0 Å². The minimum atomic E-state index is 0.121. The van der Waals surface area contributed by atoms with Gasteiger partial charge in [0, 0.05) is 56.0 Å². The van der Waals surface area contributed by atoms with Crippen LogP contribution in [0.25, 0.3) is 11.1 Å². The predicted molar refractivity (Wildman–Crippen MR) is 156 cm³/mol. The highest BCUT2D eigenvalue weighted by atomic mass is 16.2. The van der Waals surface area contributed by atoms with Crippen molar-refractivity contribution in [3.63, 3.8) is 0 Å². The number of imidazole rings is 1. The highest BCUT2D eigenvalue weighted by Crippen LogP contribution is 2.25.